The molecule has 232 valence electrons. The highest BCUT2D eigenvalue weighted by Gasteiger charge is 2.24. The van der Waals surface area contributed by atoms with Gasteiger partial charge in [-0.1, -0.05) is 6.07 Å². The second-order valence-corrected chi connectivity index (χ2v) is 11.2. The molecule has 9 heteroatoms. The van der Waals surface area contributed by atoms with Crippen LogP contribution in [0.3, 0.4) is 0 Å². The van der Waals surface area contributed by atoms with E-state index in [1.54, 1.807) is 27.4 Å². The number of methoxy groups -OCH3 is 3. The van der Waals surface area contributed by atoms with Gasteiger partial charge in [0.1, 0.15) is 11.1 Å². The molecule has 0 bridgehead atoms. The molecule has 0 spiro atoms. The number of fused-ring (bicyclic) bond motifs is 3. The molecule has 0 unspecified atom stereocenters. The number of hydrogen-bond donors (Lipinski definition) is 1. The van der Waals surface area contributed by atoms with Crippen molar-refractivity contribution in [3.63, 3.8) is 0 Å². The van der Waals surface area contributed by atoms with Crippen molar-refractivity contribution in [1.82, 2.24) is 4.98 Å². The molecule has 5 aromatic rings. The van der Waals surface area contributed by atoms with E-state index in [-0.39, 0.29) is 18.3 Å². The fourth-order valence-corrected chi connectivity index (χ4v) is 5.26. The van der Waals surface area contributed by atoms with E-state index >= 15 is 0 Å². The van der Waals surface area contributed by atoms with Crippen LogP contribution in [0.5, 0.6) is 34.5 Å². The normalized spacial score (nSPS) is 11.5. The molecule has 0 saturated carbocycles. The van der Waals surface area contributed by atoms with Crippen molar-refractivity contribution in [1.29, 1.82) is 0 Å². The van der Waals surface area contributed by atoms with Crippen molar-refractivity contribution in [3.05, 3.63) is 59.0 Å². The first-order valence-electron chi connectivity index (χ1n) is 14.6. The Morgan fingerprint density at radius 3 is 1.75 bits per heavy atom. The van der Waals surface area contributed by atoms with Gasteiger partial charge in [-0.15, -0.1) is 0 Å². The van der Waals surface area contributed by atoms with E-state index in [1.807, 2.05) is 84.0 Å². The van der Waals surface area contributed by atoms with Gasteiger partial charge in [-0.3, -0.25) is 0 Å². The van der Waals surface area contributed by atoms with E-state index in [0.717, 1.165) is 16.7 Å². The van der Waals surface area contributed by atoms with E-state index in [0.29, 0.717) is 62.1 Å². The second-order valence-electron chi connectivity index (χ2n) is 11.2. The predicted molar refractivity (Wildman–Crippen MR) is 172 cm³/mol. The van der Waals surface area contributed by atoms with Gasteiger partial charge < -0.3 is 37.8 Å². The van der Waals surface area contributed by atoms with Crippen molar-refractivity contribution in [3.8, 4) is 56.9 Å². The lowest BCUT2D eigenvalue weighted by Gasteiger charge is -2.17. The number of H-pyrrole nitrogens is 1. The lowest BCUT2D eigenvalue weighted by atomic mass is 9.96. The average Bonchev–Trinajstić information content (AvgIpc) is 3.38. The summed E-state index contributed by atoms with van der Waals surface area (Å²) in [4.78, 5) is 16.9. The van der Waals surface area contributed by atoms with E-state index in [4.69, 9.17) is 32.8 Å². The maximum atomic E-state index is 13.6. The number of benzene rings is 3. The van der Waals surface area contributed by atoms with Gasteiger partial charge >= 0.3 is 5.63 Å². The molecule has 2 aromatic heterocycles. The largest absolute Gasteiger partial charge is 0.493 e. The Bertz CT molecular complexity index is 1870. The van der Waals surface area contributed by atoms with Crippen LogP contribution in [0, 0.1) is 0 Å². The lowest BCUT2D eigenvalue weighted by molar-refractivity contribution is 0.230. The second kappa shape index (κ2) is 12.4. The van der Waals surface area contributed by atoms with Crippen LogP contribution < -0.4 is 34.0 Å². The smallest absolute Gasteiger partial charge is 0.360 e. The Labute approximate surface area is 256 Å². The lowest BCUT2D eigenvalue weighted by Crippen LogP contribution is -2.07. The summed E-state index contributed by atoms with van der Waals surface area (Å²) in [5, 5.41) is 1.35. The van der Waals surface area contributed by atoms with Crippen LogP contribution >= 0.6 is 0 Å². The van der Waals surface area contributed by atoms with Crippen LogP contribution in [-0.2, 0) is 0 Å². The molecule has 2 heterocycles. The molecule has 44 heavy (non-hydrogen) atoms. The Balaban J connectivity index is 1.89. The molecule has 0 aliphatic rings. The van der Waals surface area contributed by atoms with Gasteiger partial charge in [0.25, 0.3) is 0 Å². The third kappa shape index (κ3) is 5.86. The van der Waals surface area contributed by atoms with E-state index < -0.39 is 5.63 Å². The Morgan fingerprint density at radius 2 is 1.14 bits per heavy atom. The summed E-state index contributed by atoms with van der Waals surface area (Å²) in [6.07, 6.45) is -0.231. The van der Waals surface area contributed by atoms with Crippen molar-refractivity contribution >= 4 is 21.9 Å². The number of rotatable bonds is 11. The van der Waals surface area contributed by atoms with Crippen LogP contribution in [0.1, 0.15) is 41.5 Å². The van der Waals surface area contributed by atoms with Crippen molar-refractivity contribution < 1.29 is 32.8 Å². The summed E-state index contributed by atoms with van der Waals surface area (Å²) < 4.78 is 40.9. The van der Waals surface area contributed by atoms with Crippen LogP contribution in [-0.4, -0.2) is 44.6 Å². The van der Waals surface area contributed by atoms with Crippen LogP contribution in [0.25, 0.3) is 44.3 Å². The standard InChI is InChI=1S/C35H39NO8/c1-18(2)41-25-13-11-22(15-27(25)39-8)33-31(21-10-12-24(38-7)29(14-21)42-19(3)4)32-23-16-28(40-9)30(43-20(5)6)17-26(23)44-35(37)34(32)36-33/h10-20,36H,1-9H3. The minimum Gasteiger partial charge on any atom is -0.493 e. The third-order valence-electron chi connectivity index (χ3n) is 6.93. The first kappa shape index (κ1) is 30.7. The monoisotopic (exact) mass is 601 g/mol. The number of aromatic amines is 1. The highest BCUT2D eigenvalue weighted by atomic mass is 16.5. The molecule has 0 saturated heterocycles. The maximum Gasteiger partial charge on any atom is 0.360 e. The maximum absolute atomic E-state index is 13.6. The predicted octanol–water partition coefficient (Wildman–Crippen LogP) is 8.00. The topological polar surface area (TPSA) is 101 Å². The van der Waals surface area contributed by atoms with Gasteiger partial charge in [0, 0.05) is 28.0 Å². The molecular weight excluding hydrogens is 562 g/mol. The summed E-state index contributed by atoms with van der Waals surface area (Å²) in [5.41, 5.74) is 3.22. The zero-order chi connectivity index (χ0) is 31.7. The van der Waals surface area contributed by atoms with Gasteiger partial charge in [-0.05, 0) is 83.5 Å². The van der Waals surface area contributed by atoms with Crippen LogP contribution in [0.2, 0.25) is 0 Å². The number of aromatic nitrogens is 1. The van der Waals surface area contributed by atoms with Crippen molar-refractivity contribution in [2.24, 2.45) is 0 Å². The summed E-state index contributed by atoms with van der Waals surface area (Å²) in [5.74, 6) is 3.36. The first-order valence-corrected chi connectivity index (χ1v) is 14.6. The van der Waals surface area contributed by atoms with E-state index in [2.05, 4.69) is 4.98 Å². The summed E-state index contributed by atoms with van der Waals surface area (Å²) >= 11 is 0. The van der Waals surface area contributed by atoms with Gasteiger partial charge in [0.15, 0.2) is 34.5 Å². The number of nitrogens with one attached hydrogen (secondary N) is 1. The third-order valence-corrected chi connectivity index (χ3v) is 6.93. The summed E-state index contributed by atoms with van der Waals surface area (Å²) in [6, 6.07) is 15.0. The molecule has 3 aromatic carbocycles. The Morgan fingerprint density at radius 1 is 0.614 bits per heavy atom. The fraction of sp³-hybridized carbons (Fsp3) is 0.343. The molecule has 0 fully saturated rings. The Hall–Kier alpha value is -4.79. The molecule has 0 amide bonds. The molecule has 0 radical (unpaired) electrons. The molecule has 1 N–H and O–H groups in total. The highest BCUT2D eigenvalue weighted by Crippen LogP contribution is 2.46. The van der Waals surface area contributed by atoms with Crippen LogP contribution in [0.4, 0.5) is 0 Å². The Kier molecular flexibility index (Phi) is 8.67. The van der Waals surface area contributed by atoms with Crippen molar-refractivity contribution in [2.45, 2.75) is 59.9 Å². The molecule has 0 aliphatic heterocycles. The summed E-state index contributed by atoms with van der Waals surface area (Å²) in [7, 11) is 4.79. The zero-order valence-corrected chi connectivity index (χ0v) is 26.6. The first-order chi connectivity index (χ1) is 21.0. The molecule has 5 rings (SSSR count). The van der Waals surface area contributed by atoms with Gasteiger partial charge in [0.2, 0.25) is 0 Å². The highest BCUT2D eigenvalue weighted by molar-refractivity contribution is 6.16. The SMILES string of the molecule is COc1cc(-c2[nH]c3c(=O)oc4cc(OC(C)C)c(OC)cc4c3c2-c2ccc(OC)c(OC(C)C)c2)ccc1OC(C)C. The van der Waals surface area contributed by atoms with Crippen LogP contribution in [0.15, 0.2) is 57.7 Å². The fourth-order valence-electron chi connectivity index (χ4n) is 5.26. The minimum atomic E-state index is -0.514. The van der Waals surface area contributed by atoms with Gasteiger partial charge in [-0.25, -0.2) is 4.79 Å². The quantitative estimate of drug-likeness (QED) is 0.152. The van der Waals surface area contributed by atoms with E-state index in [1.165, 1.54) is 0 Å². The molecule has 9 nitrogen and oxygen atoms in total. The summed E-state index contributed by atoms with van der Waals surface area (Å²) in [6.45, 7) is 11.7. The van der Waals surface area contributed by atoms with Crippen molar-refractivity contribution in [2.75, 3.05) is 21.3 Å². The number of hydrogen-bond acceptors (Lipinski definition) is 8. The number of ether oxygens (including phenoxy) is 6. The van der Waals surface area contributed by atoms with Gasteiger partial charge in [-0.2, -0.15) is 0 Å². The van der Waals surface area contributed by atoms with Gasteiger partial charge in [0.05, 0.1) is 45.3 Å². The minimum absolute atomic E-state index is 0.0346. The zero-order valence-electron chi connectivity index (χ0n) is 26.6. The molecular formula is C35H39NO8. The average molecular weight is 602 g/mol. The molecule has 0 atom stereocenters. The van der Waals surface area contributed by atoms with E-state index in [9.17, 15) is 4.79 Å². The molecule has 0 aliphatic carbocycles.